The fraction of sp³-hybridized carbons (Fsp3) is 0.250. The number of amides is 1. The van der Waals surface area contributed by atoms with Crippen LogP contribution >= 0.6 is 0 Å². The molecule has 3 nitrogen and oxygen atoms in total. The Kier molecular flexibility index (Phi) is 4.06. The van der Waals surface area contributed by atoms with Crippen LogP contribution in [0.2, 0.25) is 0 Å². The van der Waals surface area contributed by atoms with Crippen LogP contribution in [0.1, 0.15) is 5.56 Å². The molecule has 0 saturated heterocycles. The minimum atomic E-state index is -0.135. The number of hydrogen-bond acceptors (Lipinski definition) is 2. The summed E-state index contributed by atoms with van der Waals surface area (Å²) in [5.74, 6) is -0.135. The first-order chi connectivity index (χ1) is 7.09. The molecule has 3 heteroatoms. The molecule has 0 radical (unpaired) electrons. The Hall–Kier alpha value is -1.61. The second-order valence-corrected chi connectivity index (χ2v) is 3.60. The van der Waals surface area contributed by atoms with Gasteiger partial charge < -0.3 is 0 Å². The maximum absolute atomic E-state index is 11.5. The molecule has 0 bridgehead atoms. The van der Waals surface area contributed by atoms with E-state index < -0.39 is 0 Å². The van der Waals surface area contributed by atoms with Crippen molar-refractivity contribution >= 4 is 5.91 Å². The second kappa shape index (κ2) is 5.32. The smallest absolute Gasteiger partial charge is 0.261 e. The van der Waals surface area contributed by atoms with E-state index >= 15 is 0 Å². The molecule has 80 valence electrons. The number of nitrogens with one attached hydrogen (secondary N) is 1. The Morgan fingerprint density at radius 1 is 1.33 bits per heavy atom. The summed E-state index contributed by atoms with van der Waals surface area (Å²) in [5.41, 5.74) is 4.32. The quantitative estimate of drug-likeness (QED) is 0.593. The molecule has 15 heavy (non-hydrogen) atoms. The van der Waals surface area contributed by atoms with Crippen molar-refractivity contribution in [2.24, 2.45) is 0 Å². The predicted octanol–water partition coefficient (Wildman–Crippen LogP) is 1.38. The van der Waals surface area contributed by atoms with Crippen LogP contribution in [-0.4, -0.2) is 25.0 Å². The highest BCUT2D eigenvalue weighted by Gasteiger charge is 2.07. The summed E-state index contributed by atoms with van der Waals surface area (Å²) in [5, 5.41) is 1.61. The van der Waals surface area contributed by atoms with Gasteiger partial charge in [-0.15, -0.1) is 0 Å². The first kappa shape index (κ1) is 11.5. The van der Waals surface area contributed by atoms with Crippen LogP contribution in [0.5, 0.6) is 0 Å². The maximum Gasteiger partial charge on any atom is 0.261 e. The average Bonchev–Trinajstić information content (AvgIpc) is 2.18. The van der Waals surface area contributed by atoms with Gasteiger partial charge in [-0.1, -0.05) is 36.9 Å². The van der Waals surface area contributed by atoms with Crippen molar-refractivity contribution in [2.45, 2.75) is 6.42 Å². The third-order valence-corrected chi connectivity index (χ3v) is 1.91. The van der Waals surface area contributed by atoms with E-state index in [1.807, 2.05) is 30.3 Å². The molecule has 1 rings (SSSR count). The van der Waals surface area contributed by atoms with Crippen LogP contribution in [0.4, 0.5) is 0 Å². The maximum atomic E-state index is 11.5. The van der Waals surface area contributed by atoms with Gasteiger partial charge >= 0.3 is 0 Å². The molecular formula is C12H16N2O. The van der Waals surface area contributed by atoms with E-state index in [-0.39, 0.29) is 5.91 Å². The molecule has 0 aliphatic rings. The van der Waals surface area contributed by atoms with Gasteiger partial charge in [-0.05, 0) is 5.56 Å². The van der Waals surface area contributed by atoms with Crippen molar-refractivity contribution in [3.63, 3.8) is 0 Å². The zero-order valence-electron chi connectivity index (χ0n) is 9.16. The van der Waals surface area contributed by atoms with E-state index in [1.54, 1.807) is 19.1 Å². The highest BCUT2D eigenvalue weighted by atomic mass is 16.2. The van der Waals surface area contributed by atoms with Crippen molar-refractivity contribution in [3.8, 4) is 0 Å². The summed E-state index contributed by atoms with van der Waals surface area (Å²) in [6.45, 7) is 3.76. The van der Waals surface area contributed by atoms with Gasteiger partial charge in [0.25, 0.3) is 5.91 Å². The fourth-order valence-electron chi connectivity index (χ4n) is 1.20. The van der Waals surface area contributed by atoms with Gasteiger partial charge in [0, 0.05) is 26.1 Å². The molecule has 0 aliphatic carbocycles. The molecule has 1 amide bonds. The van der Waals surface area contributed by atoms with Gasteiger partial charge in [-0.25, -0.2) is 5.01 Å². The number of carbonyl (C=O) groups is 1. The molecule has 0 atom stereocenters. The molecule has 0 aromatic heterocycles. The van der Waals surface area contributed by atoms with E-state index in [9.17, 15) is 4.79 Å². The summed E-state index contributed by atoms with van der Waals surface area (Å²) in [7, 11) is 3.54. The molecule has 0 spiro atoms. The van der Waals surface area contributed by atoms with Gasteiger partial charge in [0.05, 0.1) is 0 Å². The molecule has 1 aromatic rings. The zero-order chi connectivity index (χ0) is 11.3. The van der Waals surface area contributed by atoms with E-state index in [4.69, 9.17) is 0 Å². The number of carbonyl (C=O) groups excluding carboxylic acids is 1. The van der Waals surface area contributed by atoms with Gasteiger partial charge in [0.15, 0.2) is 0 Å². The number of benzene rings is 1. The molecule has 0 aliphatic heterocycles. The lowest BCUT2D eigenvalue weighted by molar-refractivity contribution is -0.121. The molecular weight excluding hydrogens is 188 g/mol. The second-order valence-electron chi connectivity index (χ2n) is 3.60. The lowest BCUT2D eigenvalue weighted by Gasteiger charge is -2.13. The van der Waals surface area contributed by atoms with E-state index in [0.29, 0.717) is 12.0 Å². The molecule has 0 unspecified atom stereocenters. The summed E-state index contributed by atoms with van der Waals surface area (Å²) in [4.78, 5) is 11.5. The van der Waals surface area contributed by atoms with Crippen LogP contribution in [0.15, 0.2) is 42.5 Å². The Morgan fingerprint density at radius 3 is 2.47 bits per heavy atom. The van der Waals surface area contributed by atoms with Gasteiger partial charge in [0.2, 0.25) is 0 Å². The first-order valence-corrected chi connectivity index (χ1v) is 4.79. The van der Waals surface area contributed by atoms with Crippen molar-refractivity contribution in [2.75, 3.05) is 14.1 Å². The number of nitrogens with zero attached hydrogens (tertiary/aromatic N) is 1. The standard InChI is InChI=1S/C12H16N2O/c1-10(12(15)13-14(2)3)9-11-7-5-4-6-8-11/h4-8H,1,9H2,2-3H3,(H,13,15). The zero-order valence-corrected chi connectivity index (χ0v) is 9.16. The Morgan fingerprint density at radius 2 is 1.93 bits per heavy atom. The van der Waals surface area contributed by atoms with Crippen LogP contribution in [0, 0.1) is 0 Å². The van der Waals surface area contributed by atoms with Crippen molar-refractivity contribution in [1.29, 1.82) is 0 Å². The summed E-state index contributed by atoms with van der Waals surface area (Å²) in [6, 6.07) is 9.81. The van der Waals surface area contributed by atoms with Crippen molar-refractivity contribution in [3.05, 3.63) is 48.0 Å². The van der Waals surface area contributed by atoms with Gasteiger partial charge in [-0.3, -0.25) is 10.2 Å². The van der Waals surface area contributed by atoms with Crippen LogP contribution in [0.3, 0.4) is 0 Å². The van der Waals surface area contributed by atoms with E-state index in [2.05, 4.69) is 12.0 Å². The average molecular weight is 204 g/mol. The molecule has 1 aromatic carbocycles. The normalized spacial score (nSPS) is 10.1. The fourth-order valence-corrected chi connectivity index (χ4v) is 1.20. The number of hydrazine groups is 1. The van der Waals surface area contributed by atoms with Crippen LogP contribution in [0.25, 0.3) is 0 Å². The van der Waals surface area contributed by atoms with E-state index in [0.717, 1.165) is 5.56 Å². The lowest BCUT2D eigenvalue weighted by Crippen LogP contribution is -2.37. The van der Waals surface area contributed by atoms with Gasteiger partial charge in [-0.2, -0.15) is 0 Å². The molecule has 0 fully saturated rings. The highest BCUT2D eigenvalue weighted by molar-refractivity contribution is 5.92. The monoisotopic (exact) mass is 204 g/mol. The van der Waals surface area contributed by atoms with Crippen LogP contribution < -0.4 is 5.43 Å². The van der Waals surface area contributed by atoms with Gasteiger partial charge in [0.1, 0.15) is 0 Å². The molecule has 0 heterocycles. The minimum Gasteiger partial charge on any atom is -0.286 e. The number of hydrogen-bond donors (Lipinski definition) is 1. The Labute approximate surface area is 90.4 Å². The van der Waals surface area contributed by atoms with Crippen LogP contribution in [-0.2, 0) is 11.2 Å². The topological polar surface area (TPSA) is 32.3 Å². The lowest BCUT2D eigenvalue weighted by atomic mass is 10.1. The molecule has 0 saturated carbocycles. The summed E-state index contributed by atoms with van der Waals surface area (Å²) >= 11 is 0. The van der Waals surface area contributed by atoms with Crippen molar-refractivity contribution in [1.82, 2.24) is 10.4 Å². The minimum absolute atomic E-state index is 0.135. The number of rotatable bonds is 4. The van der Waals surface area contributed by atoms with Crippen molar-refractivity contribution < 1.29 is 4.79 Å². The SMILES string of the molecule is C=C(Cc1ccccc1)C(=O)NN(C)C. The van der Waals surface area contributed by atoms with E-state index in [1.165, 1.54) is 0 Å². The first-order valence-electron chi connectivity index (χ1n) is 4.79. The molecule has 1 N–H and O–H groups in total. The third kappa shape index (κ3) is 3.95. The predicted molar refractivity (Wildman–Crippen MR) is 61.1 cm³/mol. The Balaban J connectivity index is 2.53. The largest absolute Gasteiger partial charge is 0.286 e. The summed E-state index contributed by atoms with van der Waals surface area (Å²) in [6.07, 6.45) is 0.584. The highest BCUT2D eigenvalue weighted by Crippen LogP contribution is 2.05. The summed E-state index contributed by atoms with van der Waals surface area (Å²) < 4.78 is 0. The Bertz CT molecular complexity index is 344. The third-order valence-electron chi connectivity index (χ3n) is 1.91.